The van der Waals surface area contributed by atoms with Crippen molar-refractivity contribution < 1.29 is 4.79 Å². The lowest BCUT2D eigenvalue weighted by molar-refractivity contribution is 0.222. The predicted octanol–water partition coefficient (Wildman–Crippen LogP) is 3.89. The van der Waals surface area contributed by atoms with Gasteiger partial charge in [0, 0.05) is 31.2 Å². The molecule has 0 spiro atoms. The van der Waals surface area contributed by atoms with Gasteiger partial charge in [0.05, 0.1) is 31.0 Å². The van der Waals surface area contributed by atoms with Crippen LogP contribution in [-0.4, -0.2) is 62.0 Å². The smallest absolute Gasteiger partial charge is 0.302 e. The van der Waals surface area contributed by atoms with Crippen LogP contribution in [0.2, 0.25) is 0 Å². The van der Waals surface area contributed by atoms with Crippen molar-refractivity contribution in [1.29, 1.82) is 0 Å². The van der Waals surface area contributed by atoms with Crippen molar-refractivity contribution >= 4 is 46.1 Å². The van der Waals surface area contributed by atoms with Gasteiger partial charge < -0.3 is 4.90 Å². The van der Waals surface area contributed by atoms with Gasteiger partial charge in [-0.15, -0.1) is 11.3 Å². The Morgan fingerprint density at radius 3 is 2.80 bits per heavy atom. The largest absolute Gasteiger partial charge is 0.369 e. The number of thioether (sulfide) groups is 1. The average molecular weight is 438 g/mol. The maximum atomic E-state index is 12.3. The minimum Gasteiger partial charge on any atom is -0.369 e. The van der Waals surface area contributed by atoms with Crippen LogP contribution in [0, 0.1) is 0 Å². The molecule has 0 unspecified atom stereocenters. The van der Waals surface area contributed by atoms with Gasteiger partial charge in [-0.25, -0.2) is 25.0 Å². The Hall–Kier alpha value is -3.11. The molecule has 1 aliphatic rings. The molecule has 0 aliphatic carbocycles. The third kappa shape index (κ3) is 4.89. The lowest BCUT2D eigenvalue weighted by atomic mass is 10.1. The first-order valence-electron chi connectivity index (χ1n) is 9.12. The summed E-state index contributed by atoms with van der Waals surface area (Å²) in [5.41, 5.74) is 3.33. The highest BCUT2D eigenvalue weighted by atomic mass is 32.2. The summed E-state index contributed by atoms with van der Waals surface area (Å²) < 4.78 is 0. The number of nitrogens with zero attached hydrogens (tertiary/aromatic N) is 7. The van der Waals surface area contributed by atoms with Crippen LogP contribution in [0.4, 0.5) is 10.5 Å². The van der Waals surface area contributed by atoms with E-state index >= 15 is 0 Å². The molecule has 0 atom stereocenters. The molecule has 0 saturated carbocycles. The van der Waals surface area contributed by atoms with E-state index < -0.39 is 0 Å². The lowest BCUT2D eigenvalue weighted by Crippen LogP contribution is -2.29. The number of carbonyl (C=O) groups is 1. The van der Waals surface area contributed by atoms with E-state index in [0.29, 0.717) is 23.8 Å². The predicted molar refractivity (Wildman–Crippen MR) is 121 cm³/mol. The molecule has 3 aromatic rings. The number of hydrazone groups is 1. The molecule has 0 N–H and O–H groups in total. The third-order valence-electron chi connectivity index (χ3n) is 4.06. The number of aliphatic imine (C=N–C) groups is 1. The van der Waals surface area contributed by atoms with E-state index in [9.17, 15) is 4.79 Å². The Balaban J connectivity index is 1.52. The van der Waals surface area contributed by atoms with Crippen molar-refractivity contribution in [3.05, 3.63) is 58.8 Å². The van der Waals surface area contributed by atoms with Crippen LogP contribution < -0.4 is 0 Å². The summed E-state index contributed by atoms with van der Waals surface area (Å²) in [5, 5.41) is 8.70. The number of benzene rings is 1. The quantitative estimate of drug-likeness (QED) is 0.429. The molecular weight excluding hydrogens is 418 g/mol. The topological polar surface area (TPSA) is 86.9 Å². The Morgan fingerprint density at radius 1 is 1.23 bits per heavy atom. The number of hydrogen-bond donors (Lipinski definition) is 0. The summed E-state index contributed by atoms with van der Waals surface area (Å²) in [4.78, 5) is 31.6. The van der Waals surface area contributed by atoms with Gasteiger partial charge >= 0.3 is 5.24 Å². The van der Waals surface area contributed by atoms with E-state index in [2.05, 4.69) is 25.0 Å². The van der Waals surface area contributed by atoms with Crippen LogP contribution in [0.5, 0.6) is 0 Å². The van der Waals surface area contributed by atoms with Crippen LogP contribution in [0.3, 0.4) is 0 Å². The van der Waals surface area contributed by atoms with Gasteiger partial charge in [0.2, 0.25) is 0 Å². The first kappa shape index (κ1) is 20.2. The van der Waals surface area contributed by atoms with E-state index in [1.54, 1.807) is 24.9 Å². The van der Waals surface area contributed by atoms with Crippen molar-refractivity contribution in [3.8, 4) is 11.4 Å². The van der Waals surface area contributed by atoms with Crippen molar-refractivity contribution in [2.45, 2.75) is 6.54 Å². The van der Waals surface area contributed by atoms with Crippen molar-refractivity contribution in [2.75, 3.05) is 19.8 Å². The lowest BCUT2D eigenvalue weighted by Gasteiger charge is -2.22. The average Bonchev–Trinajstić information content (AvgIpc) is 3.29. The minimum absolute atomic E-state index is 0.0694. The minimum atomic E-state index is -0.0694. The number of rotatable bonds is 6. The summed E-state index contributed by atoms with van der Waals surface area (Å²) in [6, 6.07) is 7.81. The molecule has 0 fully saturated rings. The fourth-order valence-corrected chi connectivity index (χ4v) is 4.11. The van der Waals surface area contributed by atoms with Crippen molar-refractivity contribution in [3.63, 3.8) is 0 Å². The summed E-state index contributed by atoms with van der Waals surface area (Å²) in [6.07, 6.45) is 6.82. The van der Waals surface area contributed by atoms with Gasteiger partial charge in [0.1, 0.15) is 16.4 Å². The highest BCUT2D eigenvalue weighted by Gasteiger charge is 2.23. The van der Waals surface area contributed by atoms with Gasteiger partial charge in [-0.3, -0.25) is 4.79 Å². The summed E-state index contributed by atoms with van der Waals surface area (Å²) >= 11 is 2.76. The molecule has 1 amide bonds. The number of amides is 1. The SMILES string of the molecule is CN(C)/C=N/c1cnc(-c2cccc(CN3N=C(c4nccs4)CSC3=O)c2)nc1. The maximum Gasteiger partial charge on any atom is 0.302 e. The number of aromatic nitrogens is 3. The summed E-state index contributed by atoms with van der Waals surface area (Å²) in [7, 11) is 3.81. The van der Waals surface area contributed by atoms with Crippen LogP contribution in [0.1, 0.15) is 10.6 Å². The molecule has 1 aromatic carbocycles. The molecule has 2 aromatic heterocycles. The van der Waals surface area contributed by atoms with Crippen molar-refractivity contribution in [2.24, 2.45) is 10.1 Å². The third-order valence-corrected chi connectivity index (χ3v) is 5.75. The second-order valence-corrected chi connectivity index (χ2v) is 8.49. The first-order chi connectivity index (χ1) is 14.6. The van der Waals surface area contributed by atoms with E-state index in [-0.39, 0.29) is 5.24 Å². The van der Waals surface area contributed by atoms with E-state index in [1.807, 2.05) is 48.6 Å². The molecule has 152 valence electrons. The monoisotopic (exact) mass is 437 g/mol. The van der Waals surface area contributed by atoms with Gasteiger partial charge in [-0.1, -0.05) is 30.0 Å². The first-order valence-corrected chi connectivity index (χ1v) is 11.0. The normalized spacial score (nSPS) is 14.3. The standard InChI is InChI=1S/C20H19N7OS2/c1-26(2)13-24-16-9-22-18(23-10-16)15-5-3-4-14(8-15)11-27-20(28)30-12-17(25-27)19-21-6-7-29-19/h3-10,13H,11-12H2,1-2H3/b24-13+. The Labute approximate surface area is 182 Å². The highest BCUT2D eigenvalue weighted by molar-refractivity contribution is 8.14. The molecule has 0 bridgehead atoms. The zero-order valence-corrected chi connectivity index (χ0v) is 18.1. The number of carbonyl (C=O) groups excluding carboxylic acids is 1. The van der Waals surface area contributed by atoms with Gasteiger partial charge in [-0.05, 0) is 11.6 Å². The van der Waals surface area contributed by atoms with Crippen LogP contribution in [-0.2, 0) is 6.54 Å². The molecule has 0 radical (unpaired) electrons. The maximum absolute atomic E-state index is 12.3. The zero-order valence-electron chi connectivity index (χ0n) is 16.5. The van der Waals surface area contributed by atoms with Gasteiger partial charge in [-0.2, -0.15) is 5.10 Å². The Morgan fingerprint density at radius 2 is 2.07 bits per heavy atom. The van der Waals surface area contributed by atoms with Gasteiger partial charge in [0.25, 0.3) is 0 Å². The van der Waals surface area contributed by atoms with Crippen LogP contribution in [0.15, 0.2) is 58.3 Å². The molecule has 30 heavy (non-hydrogen) atoms. The Bertz CT molecular complexity index is 1080. The number of thiazole rings is 1. The fourth-order valence-electron chi connectivity index (χ4n) is 2.69. The highest BCUT2D eigenvalue weighted by Crippen LogP contribution is 2.24. The summed E-state index contributed by atoms with van der Waals surface area (Å²) in [5.74, 6) is 1.14. The Kier molecular flexibility index (Phi) is 6.15. The summed E-state index contributed by atoms with van der Waals surface area (Å²) in [6.45, 7) is 0.375. The second-order valence-electron chi connectivity index (χ2n) is 6.67. The molecule has 3 heterocycles. The second kappa shape index (κ2) is 9.14. The fraction of sp³-hybridized carbons (Fsp3) is 0.200. The molecule has 10 heteroatoms. The van der Waals surface area contributed by atoms with E-state index in [1.165, 1.54) is 28.1 Å². The molecule has 0 saturated heterocycles. The molecule has 4 rings (SSSR count). The molecular formula is C20H19N7OS2. The number of hydrogen-bond acceptors (Lipinski definition) is 8. The van der Waals surface area contributed by atoms with E-state index in [0.717, 1.165) is 21.8 Å². The van der Waals surface area contributed by atoms with E-state index in [4.69, 9.17) is 0 Å². The zero-order chi connectivity index (χ0) is 20.9. The molecule has 8 nitrogen and oxygen atoms in total. The molecule has 1 aliphatic heterocycles. The van der Waals surface area contributed by atoms with Crippen molar-refractivity contribution in [1.82, 2.24) is 24.9 Å². The van der Waals surface area contributed by atoms with Gasteiger partial charge in [0.15, 0.2) is 5.82 Å². The van der Waals surface area contributed by atoms with Crippen LogP contribution in [0.25, 0.3) is 11.4 Å². The van der Waals surface area contributed by atoms with Crippen LogP contribution >= 0.6 is 23.1 Å².